The number of amides is 1. The van der Waals surface area contributed by atoms with Crippen molar-refractivity contribution in [2.75, 3.05) is 6.54 Å². The summed E-state index contributed by atoms with van der Waals surface area (Å²) >= 11 is 0. The van der Waals surface area contributed by atoms with Crippen molar-refractivity contribution in [3.8, 4) is 0 Å². The van der Waals surface area contributed by atoms with E-state index in [0.717, 1.165) is 6.42 Å². The second-order valence-electron chi connectivity index (χ2n) is 4.84. The van der Waals surface area contributed by atoms with Crippen LogP contribution in [0, 0.1) is 12.7 Å². The Hall–Kier alpha value is -1.42. The van der Waals surface area contributed by atoms with Gasteiger partial charge in [0.05, 0.1) is 5.56 Å². The molecule has 1 atom stereocenters. The maximum atomic E-state index is 13.8. The third-order valence-electron chi connectivity index (χ3n) is 3.33. The van der Waals surface area contributed by atoms with Gasteiger partial charge in [-0.3, -0.25) is 4.79 Å². The van der Waals surface area contributed by atoms with Crippen LogP contribution in [-0.4, -0.2) is 18.0 Å². The minimum Gasteiger partial charge on any atom is -0.347 e. The van der Waals surface area contributed by atoms with Crippen LogP contribution in [-0.2, 0) is 0 Å². The Morgan fingerprint density at radius 2 is 2.17 bits per heavy atom. The van der Waals surface area contributed by atoms with E-state index in [0.29, 0.717) is 18.5 Å². The van der Waals surface area contributed by atoms with E-state index in [-0.39, 0.29) is 17.0 Å². The molecule has 0 saturated heterocycles. The van der Waals surface area contributed by atoms with E-state index in [2.05, 4.69) is 5.32 Å². The third kappa shape index (κ3) is 3.29. The van der Waals surface area contributed by atoms with Crippen LogP contribution in [0.25, 0.3) is 0 Å². The van der Waals surface area contributed by atoms with Crippen LogP contribution in [0.3, 0.4) is 0 Å². The smallest absolute Gasteiger partial charge is 0.254 e. The van der Waals surface area contributed by atoms with Crippen LogP contribution in [0.15, 0.2) is 18.2 Å². The van der Waals surface area contributed by atoms with Crippen molar-refractivity contribution < 1.29 is 9.18 Å². The molecule has 0 bridgehead atoms. The number of rotatable bonds is 5. The first-order chi connectivity index (χ1) is 8.43. The topological polar surface area (TPSA) is 55.1 Å². The lowest BCUT2D eigenvalue weighted by atomic mass is 9.94. The summed E-state index contributed by atoms with van der Waals surface area (Å²) in [5.74, 6) is -0.838. The summed E-state index contributed by atoms with van der Waals surface area (Å²) in [5.41, 5.74) is 5.71. The van der Waals surface area contributed by atoms with Crippen molar-refractivity contribution in [1.82, 2.24) is 5.32 Å². The van der Waals surface area contributed by atoms with Crippen molar-refractivity contribution >= 4 is 5.91 Å². The molecule has 0 radical (unpaired) electrons. The van der Waals surface area contributed by atoms with Crippen molar-refractivity contribution in [3.63, 3.8) is 0 Å². The molecule has 3 nitrogen and oxygen atoms in total. The monoisotopic (exact) mass is 252 g/mol. The van der Waals surface area contributed by atoms with Crippen LogP contribution in [0.4, 0.5) is 4.39 Å². The van der Waals surface area contributed by atoms with E-state index in [4.69, 9.17) is 5.73 Å². The van der Waals surface area contributed by atoms with Crippen LogP contribution in [0.1, 0.15) is 42.6 Å². The van der Waals surface area contributed by atoms with Gasteiger partial charge in [0.2, 0.25) is 0 Å². The Balaban J connectivity index is 2.91. The van der Waals surface area contributed by atoms with Gasteiger partial charge >= 0.3 is 0 Å². The van der Waals surface area contributed by atoms with Crippen LogP contribution < -0.4 is 11.1 Å². The molecule has 18 heavy (non-hydrogen) atoms. The first kappa shape index (κ1) is 14.6. The molecular weight excluding hydrogens is 231 g/mol. The highest BCUT2D eigenvalue weighted by molar-refractivity contribution is 5.95. The molecule has 1 aromatic carbocycles. The first-order valence-electron chi connectivity index (χ1n) is 6.21. The summed E-state index contributed by atoms with van der Waals surface area (Å²) in [6, 6.07) is 4.82. The summed E-state index contributed by atoms with van der Waals surface area (Å²) in [7, 11) is 0. The Morgan fingerprint density at radius 3 is 2.72 bits per heavy atom. The lowest BCUT2D eigenvalue weighted by Crippen LogP contribution is -2.47. The van der Waals surface area contributed by atoms with Crippen LogP contribution in [0.2, 0.25) is 0 Å². The Bertz CT molecular complexity index is 434. The number of aryl methyl sites for hydroxylation is 1. The molecule has 0 heterocycles. The van der Waals surface area contributed by atoms with Gasteiger partial charge in [0.25, 0.3) is 5.91 Å². The molecule has 100 valence electrons. The van der Waals surface area contributed by atoms with Gasteiger partial charge in [0.1, 0.15) is 5.82 Å². The Kier molecular flexibility index (Phi) is 4.84. The number of carbonyl (C=O) groups is 1. The third-order valence-corrected chi connectivity index (χ3v) is 3.33. The van der Waals surface area contributed by atoms with Crippen molar-refractivity contribution in [2.24, 2.45) is 5.73 Å². The van der Waals surface area contributed by atoms with Gasteiger partial charge in [-0.1, -0.05) is 19.1 Å². The normalized spacial score (nSPS) is 14.1. The highest BCUT2D eigenvalue weighted by atomic mass is 19.1. The molecule has 0 aliphatic carbocycles. The van der Waals surface area contributed by atoms with E-state index >= 15 is 0 Å². The summed E-state index contributed by atoms with van der Waals surface area (Å²) in [5, 5.41) is 2.87. The maximum Gasteiger partial charge on any atom is 0.254 e. The van der Waals surface area contributed by atoms with Gasteiger partial charge in [-0.2, -0.15) is 0 Å². The van der Waals surface area contributed by atoms with Gasteiger partial charge in [-0.15, -0.1) is 0 Å². The van der Waals surface area contributed by atoms with Gasteiger partial charge in [-0.25, -0.2) is 4.39 Å². The molecule has 1 aromatic rings. The van der Waals surface area contributed by atoms with E-state index in [1.807, 2.05) is 13.8 Å². The summed E-state index contributed by atoms with van der Waals surface area (Å²) in [6.07, 6.45) is 1.42. The van der Waals surface area contributed by atoms with Gasteiger partial charge in [-0.05, 0) is 44.9 Å². The molecular formula is C14H21FN2O. The average Bonchev–Trinajstić information content (AvgIpc) is 2.32. The fourth-order valence-electron chi connectivity index (χ4n) is 1.81. The van der Waals surface area contributed by atoms with Crippen molar-refractivity contribution in [2.45, 2.75) is 39.2 Å². The van der Waals surface area contributed by atoms with Crippen LogP contribution >= 0.6 is 0 Å². The second kappa shape index (κ2) is 5.96. The fraction of sp³-hybridized carbons (Fsp3) is 0.500. The molecule has 1 amide bonds. The minimum absolute atomic E-state index is 0.0895. The Labute approximate surface area is 108 Å². The highest BCUT2D eigenvalue weighted by Gasteiger charge is 2.25. The van der Waals surface area contributed by atoms with E-state index < -0.39 is 5.82 Å². The Morgan fingerprint density at radius 1 is 1.50 bits per heavy atom. The molecule has 1 unspecified atom stereocenters. The zero-order valence-electron chi connectivity index (χ0n) is 11.2. The number of benzene rings is 1. The van der Waals surface area contributed by atoms with E-state index in [9.17, 15) is 9.18 Å². The predicted molar refractivity (Wildman–Crippen MR) is 71.0 cm³/mol. The highest BCUT2D eigenvalue weighted by Crippen LogP contribution is 2.17. The second-order valence-corrected chi connectivity index (χ2v) is 4.84. The van der Waals surface area contributed by atoms with Gasteiger partial charge in [0.15, 0.2) is 0 Å². The van der Waals surface area contributed by atoms with E-state index in [1.54, 1.807) is 19.1 Å². The zero-order chi connectivity index (χ0) is 13.8. The molecule has 3 N–H and O–H groups in total. The number of carbonyl (C=O) groups excluding carboxylic acids is 1. The maximum absolute atomic E-state index is 13.8. The number of nitrogens with two attached hydrogens (primary N) is 1. The number of halogens is 1. The summed E-state index contributed by atoms with van der Waals surface area (Å²) in [4.78, 5) is 12.1. The molecule has 0 saturated carbocycles. The zero-order valence-corrected chi connectivity index (χ0v) is 11.2. The number of nitrogens with one attached hydrogen (secondary N) is 1. The molecule has 1 rings (SSSR count). The fourth-order valence-corrected chi connectivity index (χ4v) is 1.81. The number of hydrogen-bond acceptors (Lipinski definition) is 2. The molecule has 0 aliphatic heterocycles. The SMILES string of the molecule is CCC(C)(CCN)NC(=O)c1cccc(C)c1F. The molecule has 0 spiro atoms. The molecule has 4 heteroatoms. The summed E-state index contributed by atoms with van der Waals surface area (Å²) in [6.45, 7) is 6.03. The first-order valence-corrected chi connectivity index (χ1v) is 6.21. The van der Waals surface area contributed by atoms with Gasteiger partial charge < -0.3 is 11.1 Å². The quantitative estimate of drug-likeness (QED) is 0.845. The number of hydrogen-bond donors (Lipinski definition) is 2. The lowest BCUT2D eigenvalue weighted by molar-refractivity contribution is 0.0895. The standard InChI is InChI=1S/C14H21FN2O/c1-4-14(3,8-9-16)17-13(18)11-7-5-6-10(2)12(11)15/h5-7H,4,8-9,16H2,1-3H3,(H,17,18). The predicted octanol–water partition coefficient (Wildman–Crippen LogP) is 2.38. The minimum atomic E-state index is -0.457. The van der Waals surface area contributed by atoms with Gasteiger partial charge in [0, 0.05) is 5.54 Å². The van der Waals surface area contributed by atoms with E-state index in [1.165, 1.54) is 6.07 Å². The lowest BCUT2D eigenvalue weighted by Gasteiger charge is -2.29. The molecule has 0 aromatic heterocycles. The molecule has 0 fully saturated rings. The average molecular weight is 252 g/mol. The van der Waals surface area contributed by atoms with Crippen molar-refractivity contribution in [3.05, 3.63) is 35.1 Å². The van der Waals surface area contributed by atoms with Crippen LogP contribution in [0.5, 0.6) is 0 Å². The van der Waals surface area contributed by atoms with Crippen molar-refractivity contribution in [1.29, 1.82) is 0 Å². The molecule has 0 aliphatic rings. The summed E-state index contributed by atoms with van der Waals surface area (Å²) < 4.78 is 13.8. The largest absolute Gasteiger partial charge is 0.347 e.